The predicted molar refractivity (Wildman–Crippen MR) is 74.0 cm³/mol. The van der Waals surface area contributed by atoms with Crippen LogP contribution in [0.2, 0.25) is 0 Å². The minimum atomic E-state index is -0.703. The van der Waals surface area contributed by atoms with Crippen molar-refractivity contribution in [2.75, 3.05) is 7.11 Å². The van der Waals surface area contributed by atoms with Gasteiger partial charge in [-0.15, -0.1) is 0 Å². The van der Waals surface area contributed by atoms with Crippen molar-refractivity contribution in [1.82, 2.24) is 10.8 Å². The number of rotatable bonds is 6. The molecule has 6 nitrogen and oxygen atoms in total. The normalized spacial score (nSPS) is 11.6. The molecule has 0 saturated heterocycles. The van der Waals surface area contributed by atoms with E-state index in [1.54, 1.807) is 24.3 Å². The van der Waals surface area contributed by atoms with Crippen molar-refractivity contribution in [1.29, 1.82) is 0 Å². The van der Waals surface area contributed by atoms with Gasteiger partial charge in [-0.1, -0.05) is 32.0 Å². The van der Waals surface area contributed by atoms with Gasteiger partial charge >= 0.3 is 6.09 Å². The number of carbonyl (C=O) groups is 2. The van der Waals surface area contributed by atoms with Gasteiger partial charge in [0.1, 0.15) is 6.04 Å². The lowest BCUT2D eigenvalue weighted by Gasteiger charge is -2.19. The molecule has 110 valence electrons. The number of hydrogen-bond acceptors (Lipinski definition) is 4. The summed E-state index contributed by atoms with van der Waals surface area (Å²) in [6, 6.07) is 8.15. The number of carbonyl (C=O) groups excluding carboxylic acids is 2. The molecule has 1 atom stereocenters. The smallest absolute Gasteiger partial charge is 0.407 e. The number of hydroxylamine groups is 1. The van der Waals surface area contributed by atoms with E-state index in [0.29, 0.717) is 12.2 Å². The third kappa shape index (κ3) is 5.60. The van der Waals surface area contributed by atoms with E-state index in [0.717, 1.165) is 0 Å². The first-order valence-corrected chi connectivity index (χ1v) is 6.39. The molecule has 0 aliphatic rings. The van der Waals surface area contributed by atoms with Gasteiger partial charge < -0.3 is 14.9 Å². The summed E-state index contributed by atoms with van der Waals surface area (Å²) >= 11 is 0. The highest BCUT2D eigenvalue weighted by Gasteiger charge is 2.22. The first-order chi connectivity index (χ1) is 9.52. The number of nitrogens with one attached hydrogen (secondary N) is 2. The molecule has 0 spiro atoms. The third-order valence-corrected chi connectivity index (χ3v) is 2.51. The Bertz CT molecular complexity index is 434. The van der Waals surface area contributed by atoms with Crippen LogP contribution < -0.4 is 15.6 Å². The Hall–Kier alpha value is -2.24. The van der Waals surface area contributed by atoms with E-state index in [1.165, 1.54) is 7.11 Å². The standard InChI is InChI=1S/C14H20N2O4/c1-10(2)9-12(15-14(18)19-3)13(17)16-20-11-7-5-4-6-8-11/h4-8,10,12H,9H2,1-3H3,(H,15,18)(H,16,17). The maximum atomic E-state index is 12.0. The van der Waals surface area contributed by atoms with Crippen LogP contribution in [0.1, 0.15) is 20.3 Å². The van der Waals surface area contributed by atoms with E-state index in [9.17, 15) is 9.59 Å². The lowest BCUT2D eigenvalue weighted by Crippen LogP contribution is -2.48. The molecule has 0 aliphatic heterocycles. The fourth-order valence-electron chi connectivity index (χ4n) is 1.57. The average Bonchev–Trinajstić information content (AvgIpc) is 2.44. The topological polar surface area (TPSA) is 76.7 Å². The Labute approximate surface area is 118 Å². The van der Waals surface area contributed by atoms with Crippen LogP contribution >= 0.6 is 0 Å². The summed E-state index contributed by atoms with van der Waals surface area (Å²) in [7, 11) is 1.25. The van der Waals surface area contributed by atoms with Gasteiger partial charge in [0.15, 0.2) is 5.75 Å². The van der Waals surface area contributed by atoms with Gasteiger partial charge in [0.05, 0.1) is 7.11 Å². The van der Waals surface area contributed by atoms with Crippen molar-refractivity contribution in [3.05, 3.63) is 30.3 Å². The van der Waals surface area contributed by atoms with E-state index in [4.69, 9.17) is 4.84 Å². The molecule has 2 N–H and O–H groups in total. The van der Waals surface area contributed by atoms with Crippen LogP contribution in [-0.2, 0) is 9.53 Å². The molecule has 20 heavy (non-hydrogen) atoms. The van der Waals surface area contributed by atoms with Gasteiger partial charge in [-0.05, 0) is 24.5 Å². The lowest BCUT2D eigenvalue weighted by atomic mass is 10.0. The summed E-state index contributed by atoms with van der Waals surface area (Å²) in [5.41, 5.74) is 2.32. The minimum absolute atomic E-state index is 0.236. The molecule has 1 aromatic carbocycles. The van der Waals surface area contributed by atoms with Crippen molar-refractivity contribution >= 4 is 12.0 Å². The van der Waals surface area contributed by atoms with E-state index in [1.807, 2.05) is 19.9 Å². The Morgan fingerprint density at radius 3 is 2.40 bits per heavy atom. The molecule has 1 unspecified atom stereocenters. The fraction of sp³-hybridized carbons (Fsp3) is 0.429. The van der Waals surface area contributed by atoms with Gasteiger partial charge in [0, 0.05) is 0 Å². The molecule has 0 radical (unpaired) electrons. The van der Waals surface area contributed by atoms with Gasteiger partial charge in [-0.2, -0.15) is 5.48 Å². The molecule has 0 fully saturated rings. The van der Waals surface area contributed by atoms with Crippen LogP contribution in [0.3, 0.4) is 0 Å². The molecule has 0 heterocycles. The number of hydrogen-bond donors (Lipinski definition) is 2. The summed E-state index contributed by atoms with van der Waals surface area (Å²) in [6.07, 6.45) is -0.162. The largest absolute Gasteiger partial charge is 0.453 e. The van der Waals surface area contributed by atoms with E-state index < -0.39 is 18.0 Å². The van der Waals surface area contributed by atoms with Crippen molar-refractivity contribution in [3.63, 3.8) is 0 Å². The van der Waals surface area contributed by atoms with Gasteiger partial charge in [0.25, 0.3) is 5.91 Å². The second kappa shape index (κ2) is 8.04. The zero-order valence-corrected chi connectivity index (χ0v) is 11.9. The highest BCUT2D eigenvalue weighted by molar-refractivity contribution is 5.84. The van der Waals surface area contributed by atoms with E-state index >= 15 is 0 Å². The number of ether oxygens (including phenoxy) is 1. The predicted octanol–water partition coefficient (Wildman–Crippen LogP) is 1.87. The second-order valence-corrected chi connectivity index (χ2v) is 4.70. The van der Waals surface area contributed by atoms with Crippen molar-refractivity contribution < 1.29 is 19.2 Å². The number of para-hydroxylation sites is 1. The molecule has 6 heteroatoms. The van der Waals surface area contributed by atoms with Crippen LogP contribution in [0.25, 0.3) is 0 Å². The maximum absolute atomic E-state index is 12.0. The maximum Gasteiger partial charge on any atom is 0.407 e. The summed E-state index contributed by atoms with van der Waals surface area (Å²) in [5, 5.41) is 2.48. The highest BCUT2D eigenvalue weighted by atomic mass is 16.7. The van der Waals surface area contributed by atoms with Crippen molar-refractivity contribution in [3.8, 4) is 5.75 Å². The Morgan fingerprint density at radius 1 is 1.20 bits per heavy atom. The molecule has 1 rings (SSSR count). The van der Waals surface area contributed by atoms with Crippen LogP contribution in [0.5, 0.6) is 5.75 Å². The molecule has 0 bridgehead atoms. The molecule has 2 amide bonds. The Kier molecular flexibility index (Phi) is 6.36. The third-order valence-electron chi connectivity index (χ3n) is 2.51. The van der Waals surface area contributed by atoms with Crippen LogP contribution in [-0.4, -0.2) is 25.2 Å². The second-order valence-electron chi connectivity index (χ2n) is 4.70. The average molecular weight is 280 g/mol. The SMILES string of the molecule is COC(=O)NC(CC(C)C)C(=O)NOc1ccccc1. The molecular formula is C14H20N2O4. The first-order valence-electron chi connectivity index (χ1n) is 6.39. The fourth-order valence-corrected chi connectivity index (χ4v) is 1.57. The van der Waals surface area contributed by atoms with Crippen LogP contribution in [0.4, 0.5) is 4.79 Å². The van der Waals surface area contributed by atoms with Crippen molar-refractivity contribution in [2.45, 2.75) is 26.3 Å². The van der Waals surface area contributed by atoms with Gasteiger partial charge in [-0.3, -0.25) is 4.79 Å². The number of amides is 2. The summed E-state index contributed by atoms with van der Waals surface area (Å²) in [6.45, 7) is 3.91. The Balaban J connectivity index is 2.56. The lowest BCUT2D eigenvalue weighted by molar-refractivity contribution is -0.130. The molecule has 0 saturated carbocycles. The zero-order valence-electron chi connectivity index (χ0n) is 11.9. The highest BCUT2D eigenvalue weighted by Crippen LogP contribution is 2.08. The number of alkyl carbamates (subject to hydrolysis) is 1. The minimum Gasteiger partial charge on any atom is -0.453 e. The summed E-state index contributed by atoms with van der Waals surface area (Å²) in [4.78, 5) is 28.4. The van der Waals surface area contributed by atoms with Crippen LogP contribution in [0, 0.1) is 5.92 Å². The summed E-state index contributed by atoms with van der Waals surface area (Å²) in [5.74, 6) is 0.329. The number of methoxy groups -OCH3 is 1. The van der Waals surface area contributed by atoms with E-state index in [2.05, 4.69) is 15.5 Å². The van der Waals surface area contributed by atoms with Crippen molar-refractivity contribution in [2.24, 2.45) is 5.92 Å². The van der Waals surface area contributed by atoms with E-state index in [-0.39, 0.29) is 5.92 Å². The number of benzene rings is 1. The first kappa shape index (κ1) is 15.8. The quantitative estimate of drug-likeness (QED) is 0.780. The molecule has 1 aromatic rings. The Morgan fingerprint density at radius 2 is 1.85 bits per heavy atom. The van der Waals surface area contributed by atoms with Gasteiger partial charge in [0.2, 0.25) is 0 Å². The summed E-state index contributed by atoms with van der Waals surface area (Å²) < 4.78 is 4.50. The van der Waals surface area contributed by atoms with Gasteiger partial charge in [-0.25, -0.2) is 4.79 Å². The monoisotopic (exact) mass is 280 g/mol. The molecule has 0 aliphatic carbocycles. The molecule has 0 aromatic heterocycles. The zero-order chi connectivity index (χ0) is 15.0. The molecular weight excluding hydrogens is 260 g/mol. The van der Waals surface area contributed by atoms with Crippen LogP contribution in [0.15, 0.2) is 30.3 Å².